The van der Waals surface area contributed by atoms with E-state index in [1.54, 1.807) is 6.08 Å². The lowest BCUT2D eigenvalue weighted by atomic mass is 10.1. The molecule has 4 nitrogen and oxygen atoms in total. The molecule has 2 atom stereocenters. The topological polar surface area (TPSA) is 75.4 Å². The molecule has 4 heteroatoms. The van der Waals surface area contributed by atoms with Crippen LogP contribution in [0, 0.1) is 0 Å². The number of aliphatic hydroxyl groups excluding tert-OH is 1. The van der Waals surface area contributed by atoms with Crippen molar-refractivity contribution < 1.29 is 9.90 Å². The van der Waals surface area contributed by atoms with Gasteiger partial charge in [-0.1, -0.05) is 13.0 Å². The van der Waals surface area contributed by atoms with E-state index < -0.39 is 6.04 Å². The molecule has 0 aliphatic carbocycles. The maximum Gasteiger partial charge on any atom is 0.237 e. The zero-order chi connectivity index (χ0) is 11.0. The third-order valence-corrected chi connectivity index (χ3v) is 2.07. The Morgan fingerprint density at radius 3 is 2.79 bits per heavy atom. The molecule has 1 amide bonds. The number of hydrogen-bond donors (Lipinski definition) is 3. The van der Waals surface area contributed by atoms with Gasteiger partial charge in [0.1, 0.15) is 0 Å². The van der Waals surface area contributed by atoms with Crippen LogP contribution >= 0.6 is 0 Å². The van der Waals surface area contributed by atoms with E-state index in [-0.39, 0.29) is 18.6 Å². The minimum atomic E-state index is -0.528. The third kappa shape index (κ3) is 4.99. The number of amides is 1. The van der Waals surface area contributed by atoms with Crippen molar-refractivity contribution in [3.63, 3.8) is 0 Å². The lowest BCUT2D eigenvalue weighted by Crippen LogP contribution is -2.45. The van der Waals surface area contributed by atoms with Crippen molar-refractivity contribution in [1.82, 2.24) is 5.32 Å². The van der Waals surface area contributed by atoms with E-state index in [1.165, 1.54) is 0 Å². The van der Waals surface area contributed by atoms with Crippen molar-refractivity contribution in [1.29, 1.82) is 0 Å². The molecule has 0 aromatic carbocycles. The normalized spacial score (nSPS) is 14.5. The first kappa shape index (κ1) is 13.1. The maximum absolute atomic E-state index is 11.4. The molecule has 82 valence electrons. The number of nitrogens with one attached hydrogen (secondary N) is 1. The molecule has 0 fully saturated rings. The molecular formula is C10H20N2O2. The first-order valence-electron chi connectivity index (χ1n) is 4.93. The second kappa shape index (κ2) is 7.53. The second-order valence-corrected chi connectivity index (χ2v) is 3.26. The van der Waals surface area contributed by atoms with Gasteiger partial charge in [-0.05, 0) is 19.3 Å². The van der Waals surface area contributed by atoms with E-state index in [9.17, 15) is 4.79 Å². The SMILES string of the molecule is C=CCC(N)C(=O)NC(CC)CCO. The number of carbonyl (C=O) groups is 1. The van der Waals surface area contributed by atoms with Crippen LogP contribution in [0.4, 0.5) is 0 Å². The highest BCUT2D eigenvalue weighted by Crippen LogP contribution is 1.98. The fraction of sp³-hybridized carbons (Fsp3) is 0.700. The first-order chi connectivity index (χ1) is 6.65. The molecule has 0 saturated carbocycles. The fourth-order valence-electron chi connectivity index (χ4n) is 1.13. The molecule has 0 aromatic rings. The molecule has 0 spiro atoms. The fourth-order valence-corrected chi connectivity index (χ4v) is 1.13. The largest absolute Gasteiger partial charge is 0.396 e. The van der Waals surface area contributed by atoms with E-state index in [0.29, 0.717) is 12.8 Å². The molecule has 0 aliphatic rings. The van der Waals surface area contributed by atoms with E-state index in [1.807, 2.05) is 6.92 Å². The smallest absolute Gasteiger partial charge is 0.237 e. The number of rotatable bonds is 7. The molecular weight excluding hydrogens is 180 g/mol. The quantitative estimate of drug-likeness (QED) is 0.513. The Labute approximate surface area is 85.2 Å². The Kier molecular flexibility index (Phi) is 7.06. The van der Waals surface area contributed by atoms with Gasteiger partial charge in [-0.3, -0.25) is 4.79 Å². The third-order valence-electron chi connectivity index (χ3n) is 2.07. The molecule has 2 unspecified atom stereocenters. The van der Waals surface area contributed by atoms with Gasteiger partial charge < -0.3 is 16.2 Å². The van der Waals surface area contributed by atoms with Crippen LogP contribution in [0.2, 0.25) is 0 Å². The van der Waals surface area contributed by atoms with Gasteiger partial charge in [-0.2, -0.15) is 0 Å². The summed E-state index contributed by atoms with van der Waals surface area (Å²) in [4.78, 5) is 11.4. The Morgan fingerprint density at radius 1 is 1.71 bits per heavy atom. The van der Waals surface area contributed by atoms with Gasteiger partial charge in [0.2, 0.25) is 5.91 Å². The van der Waals surface area contributed by atoms with E-state index in [2.05, 4.69) is 11.9 Å². The molecule has 0 aliphatic heterocycles. The van der Waals surface area contributed by atoms with Crippen molar-refractivity contribution in [2.75, 3.05) is 6.61 Å². The summed E-state index contributed by atoms with van der Waals surface area (Å²) < 4.78 is 0. The van der Waals surface area contributed by atoms with Crippen LogP contribution in [-0.4, -0.2) is 29.7 Å². The predicted octanol–water partition coefficient (Wildman–Crippen LogP) is 0.167. The van der Waals surface area contributed by atoms with Crippen LogP contribution in [0.5, 0.6) is 0 Å². The van der Waals surface area contributed by atoms with E-state index in [0.717, 1.165) is 6.42 Å². The van der Waals surface area contributed by atoms with E-state index in [4.69, 9.17) is 10.8 Å². The summed E-state index contributed by atoms with van der Waals surface area (Å²) in [7, 11) is 0. The number of carbonyl (C=O) groups excluding carboxylic acids is 1. The van der Waals surface area contributed by atoms with Gasteiger partial charge in [0.15, 0.2) is 0 Å². The van der Waals surface area contributed by atoms with Crippen molar-refractivity contribution >= 4 is 5.91 Å². The van der Waals surface area contributed by atoms with Crippen molar-refractivity contribution in [2.24, 2.45) is 5.73 Å². The van der Waals surface area contributed by atoms with Gasteiger partial charge >= 0.3 is 0 Å². The Morgan fingerprint density at radius 2 is 2.36 bits per heavy atom. The van der Waals surface area contributed by atoms with Gasteiger partial charge in [0, 0.05) is 12.6 Å². The number of aliphatic hydroxyl groups is 1. The highest BCUT2D eigenvalue weighted by Gasteiger charge is 2.15. The summed E-state index contributed by atoms with van der Waals surface area (Å²) in [5.74, 6) is -0.176. The molecule has 0 aromatic heterocycles. The van der Waals surface area contributed by atoms with Crippen molar-refractivity contribution in [3.8, 4) is 0 Å². The Hall–Kier alpha value is -0.870. The van der Waals surface area contributed by atoms with Crippen LogP contribution in [0.3, 0.4) is 0 Å². The van der Waals surface area contributed by atoms with Gasteiger partial charge in [-0.25, -0.2) is 0 Å². The van der Waals surface area contributed by atoms with Crippen LogP contribution in [0.25, 0.3) is 0 Å². The van der Waals surface area contributed by atoms with Crippen LogP contribution in [0.1, 0.15) is 26.2 Å². The molecule has 0 bridgehead atoms. The monoisotopic (exact) mass is 200 g/mol. The van der Waals surface area contributed by atoms with Crippen LogP contribution in [0.15, 0.2) is 12.7 Å². The standard InChI is InChI=1S/C10H20N2O2/c1-3-5-9(11)10(14)12-8(4-2)6-7-13/h3,8-9,13H,1,4-7,11H2,2H3,(H,12,14). The summed E-state index contributed by atoms with van der Waals surface area (Å²) in [5, 5.41) is 11.5. The zero-order valence-electron chi connectivity index (χ0n) is 8.70. The van der Waals surface area contributed by atoms with Crippen LogP contribution < -0.4 is 11.1 Å². The Bertz CT molecular complexity index is 183. The first-order valence-corrected chi connectivity index (χ1v) is 4.93. The van der Waals surface area contributed by atoms with Gasteiger partial charge in [0.25, 0.3) is 0 Å². The average molecular weight is 200 g/mol. The molecule has 0 rings (SSSR count). The maximum atomic E-state index is 11.4. The predicted molar refractivity (Wildman–Crippen MR) is 56.7 cm³/mol. The number of hydrogen-bond acceptors (Lipinski definition) is 3. The minimum Gasteiger partial charge on any atom is -0.396 e. The molecule has 14 heavy (non-hydrogen) atoms. The zero-order valence-corrected chi connectivity index (χ0v) is 8.70. The lowest BCUT2D eigenvalue weighted by Gasteiger charge is -2.18. The summed E-state index contributed by atoms with van der Waals surface area (Å²) in [6, 6.07) is -0.511. The molecule has 0 saturated heterocycles. The van der Waals surface area contributed by atoms with Crippen LogP contribution in [-0.2, 0) is 4.79 Å². The average Bonchev–Trinajstić information content (AvgIpc) is 2.17. The van der Waals surface area contributed by atoms with Crippen molar-refractivity contribution in [3.05, 3.63) is 12.7 Å². The summed E-state index contributed by atoms with van der Waals surface area (Å²) >= 11 is 0. The Balaban J connectivity index is 3.94. The number of nitrogens with two attached hydrogens (primary N) is 1. The van der Waals surface area contributed by atoms with E-state index >= 15 is 0 Å². The lowest BCUT2D eigenvalue weighted by molar-refractivity contribution is -0.123. The van der Waals surface area contributed by atoms with Crippen molar-refractivity contribution in [2.45, 2.75) is 38.3 Å². The summed E-state index contributed by atoms with van der Waals surface area (Å²) in [6.45, 7) is 5.56. The highest BCUT2D eigenvalue weighted by molar-refractivity contribution is 5.81. The van der Waals surface area contributed by atoms with Gasteiger partial charge in [-0.15, -0.1) is 6.58 Å². The molecule has 0 heterocycles. The summed E-state index contributed by atoms with van der Waals surface area (Å²) in [6.07, 6.45) is 3.47. The minimum absolute atomic E-state index is 0.0170. The summed E-state index contributed by atoms with van der Waals surface area (Å²) in [5.41, 5.74) is 5.58. The second-order valence-electron chi connectivity index (χ2n) is 3.26. The highest BCUT2D eigenvalue weighted by atomic mass is 16.3. The molecule has 4 N–H and O–H groups in total. The molecule has 0 radical (unpaired) electrons. The van der Waals surface area contributed by atoms with Gasteiger partial charge in [0.05, 0.1) is 6.04 Å².